The van der Waals surface area contributed by atoms with Crippen LogP contribution in [0.5, 0.6) is 0 Å². The number of carbonyl (C=O) groups is 4. The second kappa shape index (κ2) is 17.0. The first-order valence-corrected chi connectivity index (χ1v) is 24.5. The number of β-lactam (4-membered cyclic amide) rings is 1. The zero-order chi connectivity index (χ0) is 41.1. The molecule has 0 bridgehead atoms. The molecule has 3 aromatic carbocycles. The number of amides is 1. The Hall–Kier alpha value is -4.34. The molecule has 1 aromatic heterocycles. The summed E-state index contributed by atoms with van der Waals surface area (Å²) in [5.74, 6) is -2.51. The Balaban J connectivity index is 1.78. The molecule has 0 aliphatic carbocycles. The fourth-order valence-corrected chi connectivity index (χ4v) is 13.5. The predicted octanol–water partition coefficient (Wildman–Crippen LogP) is 8.37. The maximum Gasteiger partial charge on any atom is 0.356 e. The van der Waals surface area contributed by atoms with E-state index in [-0.39, 0.29) is 35.2 Å². The van der Waals surface area contributed by atoms with Crippen molar-refractivity contribution in [1.82, 2.24) is 4.90 Å². The van der Waals surface area contributed by atoms with E-state index in [1.54, 1.807) is 37.1 Å². The van der Waals surface area contributed by atoms with Crippen LogP contribution in [0.2, 0.25) is 18.1 Å². The first kappa shape index (κ1) is 42.8. The van der Waals surface area contributed by atoms with Crippen LogP contribution in [0.3, 0.4) is 0 Å². The van der Waals surface area contributed by atoms with Gasteiger partial charge in [0.05, 0.1) is 18.1 Å². The number of benzene rings is 3. The van der Waals surface area contributed by atoms with E-state index in [9.17, 15) is 14.4 Å². The van der Waals surface area contributed by atoms with Gasteiger partial charge in [0.25, 0.3) is 0 Å². The van der Waals surface area contributed by atoms with Crippen LogP contribution in [0.25, 0.3) is 0 Å². The minimum atomic E-state index is -3.21. The van der Waals surface area contributed by atoms with E-state index < -0.39 is 50.8 Å². The van der Waals surface area contributed by atoms with Gasteiger partial charge in [-0.25, -0.2) is 9.59 Å². The molecule has 0 saturated carbocycles. The molecule has 5 rings (SSSR count). The Bertz CT molecular complexity index is 2010. The molecule has 1 fully saturated rings. The van der Waals surface area contributed by atoms with E-state index in [1.807, 2.05) is 97.9 Å². The fraction of sp³-hybridized carbons (Fsp3) is 0.356. The minimum absolute atomic E-state index is 0.0804. The molecule has 11 heteroatoms. The van der Waals surface area contributed by atoms with Crippen molar-refractivity contribution in [3.8, 4) is 0 Å². The fourth-order valence-electron chi connectivity index (χ4n) is 6.87. The first-order chi connectivity index (χ1) is 26.3. The normalized spacial score (nSPS) is 16.7. The number of ketones is 1. The number of Topliss-reactive ketones (excluding diaryl/α,β-unsaturated/α-hetero) is 1. The van der Waals surface area contributed by atoms with Crippen LogP contribution in [0.15, 0.2) is 115 Å². The standard InChI is InChI=1S/C45H54NO7PSSi/c1-11-27-51-43(50)41(54(33-21-15-12-16-22-33,34-23-17-13-18-24-34)35-25-19-14-20-26-35)46-36(39(40(46)48)31(2)53-56(9,10)45(6,7)8)29-37(47)32-28-38(55-30-32)42(49)52-44(3,4)5/h11-26,28,30-31,36,39H,1,27,29H2,2-10H3. The molecular weight excluding hydrogens is 758 g/mol. The number of nitrogens with zero attached hydrogens (tertiary/aromatic N) is 1. The van der Waals surface area contributed by atoms with Crippen molar-refractivity contribution >= 4 is 71.5 Å². The highest BCUT2D eigenvalue weighted by molar-refractivity contribution is 7.96. The van der Waals surface area contributed by atoms with E-state index in [4.69, 9.17) is 13.9 Å². The van der Waals surface area contributed by atoms with Crippen LogP contribution in [-0.2, 0) is 23.5 Å². The quantitative estimate of drug-likeness (QED) is 0.0315. The van der Waals surface area contributed by atoms with Crippen molar-refractivity contribution in [3.63, 3.8) is 0 Å². The topological polar surface area (TPSA) is 99.2 Å². The maximum absolute atomic E-state index is 15.1. The summed E-state index contributed by atoms with van der Waals surface area (Å²) in [5.41, 5.74) is -0.191. The summed E-state index contributed by atoms with van der Waals surface area (Å²) in [4.78, 5) is 59.3. The third kappa shape index (κ3) is 8.79. The van der Waals surface area contributed by atoms with Crippen molar-refractivity contribution in [2.75, 3.05) is 6.61 Å². The minimum Gasteiger partial charge on any atom is -0.457 e. The highest BCUT2D eigenvalue weighted by Crippen LogP contribution is 2.51. The summed E-state index contributed by atoms with van der Waals surface area (Å²) < 4.78 is 18.4. The number of hydrogen-bond donors (Lipinski definition) is 0. The molecule has 1 amide bonds. The number of carbonyl (C=O) groups excluding carboxylic acids is 4. The van der Waals surface area contributed by atoms with Gasteiger partial charge in [-0.3, -0.25) is 9.59 Å². The smallest absolute Gasteiger partial charge is 0.356 e. The molecule has 3 atom stereocenters. The number of esters is 2. The van der Waals surface area contributed by atoms with E-state index in [0.29, 0.717) is 10.4 Å². The zero-order valence-electron chi connectivity index (χ0n) is 33.9. The lowest BCUT2D eigenvalue weighted by Gasteiger charge is -2.53. The van der Waals surface area contributed by atoms with Gasteiger partial charge in [0.2, 0.25) is 5.91 Å². The van der Waals surface area contributed by atoms with E-state index >= 15 is 4.79 Å². The Morgan fingerprint density at radius 2 is 1.38 bits per heavy atom. The summed E-state index contributed by atoms with van der Waals surface area (Å²) >= 11 is 1.14. The van der Waals surface area contributed by atoms with Crippen LogP contribution in [0.4, 0.5) is 0 Å². The molecule has 1 aliphatic heterocycles. The summed E-state index contributed by atoms with van der Waals surface area (Å²) in [6.45, 7) is 18.4. The van der Waals surface area contributed by atoms with Crippen LogP contribution < -0.4 is 15.9 Å². The third-order valence-corrected chi connectivity index (χ3v) is 20.2. The highest BCUT2D eigenvalue weighted by atomic mass is 32.1. The van der Waals surface area contributed by atoms with Crippen molar-refractivity contribution in [3.05, 3.63) is 126 Å². The van der Waals surface area contributed by atoms with E-state index in [0.717, 1.165) is 27.3 Å². The lowest BCUT2D eigenvalue weighted by molar-refractivity contribution is -0.156. The Morgan fingerprint density at radius 1 is 0.875 bits per heavy atom. The molecule has 296 valence electrons. The zero-order valence-corrected chi connectivity index (χ0v) is 36.6. The SMILES string of the molecule is C=CCOC(=O)C(N1C(=O)C(C(C)O[Si](C)(C)C(C)(C)C)C1CC(=O)c1csc(C(=O)OC(C)(C)C)c1)=P(c1ccccc1)(c1ccccc1)c1ccccc1. The first-order valence-electron chi connectivity index (χ1n) is 18.9. The molecule has 2 heterocycles. The second-order valence-corrected chi connectivity index (χ2v) is 25.6. The van der Waals surface area contributed by atoms with Crippen molar-refractivity contribution in [2.24, 2.45) is 5.92 Å². The van der Waals surface area contributed by atoms with Gasteiger partial charge in [-0.2, -0.15) is 0 Å². The van der Waals surface area contributed by atoms with Gasteiger partial charge >= 0.3 is 11.9 Å². The summed E-state index contributed by atoms with van der Waals surface area (Å²) in [6, 6.07) is 30.0. The molecule has 56 heavy (non-hydrogen) atoms. The molecule has 4 aromatic rings. The molecule has 3 unspecified atom stereocenters. The van der Waals surface area contributed by atoms with Gasteiger partial charge in [0.1, 0.15) is 22.5 Å². The summed E-state index contributed by atoms with van der Waals surface area (Å²) in [7, 11) is -2.40. The van der Waals surface area contributed by atoms with Gasteiger partial charge in [-0.1, -0.05) is 124 Å². The van der Waals surface area contributed by atoms with Crippen LogP contribution >= 0.6 is 18.2 Å². The Labute approximate surface area is 337 Å². The molecular formula is C45H54NO7PSSi. The van der Waals surface area contributed by atoms with Crippen molar-refractivity contribution in [1.29, 1.82) is 0 Å². The Kier molecular flexibility index (Phi) is 13.0. The van der Waals surface area contributed by atoms with Gasteiger partial charge < -0.3 is 18.8 Å². The number of likely N-dealkylation sites (tertiary alicyclic amines) is 1. The third-order valence-electron chi connectivity index (χ3n) is 10.5. The van der Waals surface area contributed by atoms with Crippen LogP contribution in [0.1, 0.15) is 74.9 Å². The monoisotopic (exact) mass is 811 g/mol. The largest absolute Gasteiger partial charge is 0.457 e. The number of rotatable bonds is 14. The van der Waals surface area contributed by atoms with Crippen LogP contribution in [-0.4, -0.2) is 66.6 Å². The van der Waals surface area contributed by atoms with Gasteiger partial charge in [-0.05, 0) is 67.8 Å². The number of thiophene rings is 1. The molecule has 1 aliphatic rings. The Morgan fingerprint density at radius 3 is 1.82 bits per heavy atom. The van der Waals surface area contributed by atoms with Crippen LogP contribution in [0, 0.1) is 5.92 Å². The molecule has 0 spiro atoms. The molecule has 8 nitrogen and oxygen atoms in total. The van der Waals surface area contributed by atoms with Gasteiger partial charge in [0, 0.05) is 24.3 Å². The summed E-state index contributed by atoms with van der Waals surface area (Å²) in [6.07, 6.45) is 0.808. The lowest BCUT2D eigenvalue weighted by atomic mass is 9.80. The predicted molar refractivity (Wildman–Crippen MR) is 232 cm³/mol. The van der Waals surface area contributed by atoms with E-state index in [1.165, 1.54) is 6.08 Å². The maximum atomic E-state index is 15.1. The summed E-state index contributed by atoms with van der Waals surface area (Å²) in [5, 5.41) is 4.03. The second-order valence-electron chi connectivity index (χ2n) is 16.6. The van der Waals surface area contributed by atoms with Gasteiger partial charge in [0.15, 0.2) is 14.1 Å². The van der Waals surface area contributed by atoms with E-state index in [2.05, 4.69) is 40.4 Å². The van der Waals surface area contributed by atoms with Crippen molar-refractivity contribution in [2.45, 2.75) is 90.8 Å². The number of hydrogen-bond acceptors (Lipinski definition) is 8. The van der Waals surface area contributed by atoms with Crippen molar-refractivity contribution < 1.29 is 33.1 Å². The lowest BCUT2D eigenvalue weighted by Crippen LogP contribution is -2.69. The average Bonchev–Trinajstić information content (AvgIpc) is 3.65. The highest BCUT2D eigenvalue weighted by Gasteiger charge is 2.57. The number of ether oxygens (including phenoxy) is 2. The molecule has 0 N–H and O–H groups in total. The molecule has 1 saturated heterocycles. The molecule has 0 radical (unpaired) electrons. The van der Waals surface area contributed by atoms with Gasteiger partial charge in [-0.15, -0.1) is 11.3 Å². The average molecular weight is 812 g/mol.